The Morgan fingerprint density at radius 3 is 2.53 bits per heavy atom. The first-order chi connectivity index (χ1) is 8.16. The van der Waals surface area contributed by atoms with Gasteiger partial charge in [0.15, 0.2) is 0 Å². The summed E-state index contributed by atoms with van der Waals surface area (Å²) in [4.78, 5) is 11.0. The molecule has 0 aliphatic carbocycles. The van der Waals surface area contributed by atoms with E-state index in [0.717, 1.165) is 5.56 Å². The first-order valence-electron chi connectivity index (χ1n) is 5.14. The van der Waals surface area contributed by atoms with Crippen LogP contribution >= 0.6 is 11.6 Å². The Bertz CT molecular complexity index is 491. The molecule has 17 heavy (non-hydrogen) atoms. The number of carbonyl (C=O) groups excluding carboxylic acids is 1. The monoisotopic (exact) mass is 252 g/mol. The third-order valence-corrected chi connectivity index (χ3v) is 2.68. The summed E-state index contributed by atoms with van der Waals surface area (Å²) in [6.45, 7) is 0. The molecule has 0 radical (unpaired) electrons. The third-order valence-electron chi connectivity index (χ3n) is 2.52. The zero-order valence-corrected chi connectivity index (χ0v) is 9.65. The van der Waals surface area contributed by atoms with Crippen LogP contribution < -0.4 is 0 Å². The van der Waals surface area contributed by atoms with Crippen molar-refractivity contribution < 1.29 is 13.6 Å². The molecular formula is C13H10ClFO2. The molecule has 0 bridgehead atoms. The van der Waals surface area contributed by atoms with Crippen LogP contribution in [0.3, 0.4) is 0 Å². The fourth-order valence-corrected chi connectivity index (χ4v) is 1.88. The summed E-state index contributed by atoms with van der Waals surface area (Å²) < 4.78 is 18.1. The van der Waals surface area contributed by atoms with Crippen LogP contribution in [0.5, 0.6) is 0 Å². The number of furan rings is 1. The highest BCUT2D eigenvalue weighted by atomic mass is 35.5. The average molecular weight is 253 g/mol. The Morgan fingerprint density at radius 1 is 1.29 bits per heavy atom. The molecule has 2 nitrogen and oxygen atoms in total. The molecule has 0 spiro atoms. The largest absolute Gasteiger partial charge is 0.469 e. The summed E-state index contributed by atoms with van der Waals surface area (Å²) in [5.74, 6) is 0.0605. The van der Waals surface area contributed by atoms with E-state index < -0.39 is 5.24 Å². The smallest absolute Gasteiger partial charge is 0.222 e. The molecule has 0 N–H and O–H groups in total. The number of rotatable bonds is 4. The van der Waals surface area contributed by atoms with E-state index in [4.69, 9.17) is 16.0 Å². The van der Waals surface area contributed by atoms with Crippen molar-refractivity contribution >= 4 is 16.8 Å². The van der Waals surface area contributed by atoms with E-state index >= 15 is 0 Å². The molecule has 0 fully saturated rings. The summed E-state index contributed by atoms with van der Waals surface area (Å²) in [7, 11) is 0. The maximum Gasteiger partial charge on any atom is 0.222 e. The van der Waals surface area contributed by atoms with Crippen molar-refractivity contribution in [1.82, 2.24) is 0 Å². The Balaban J connectivity index is 2.33. The highest BCUT2D eigenvalue weighted by Crippen LogP contribution is 2.29. The van der Waals surface area contributed by atoms with Crippen LogP contribution in [0, 0.1) is 5.82 Å². The number of hydrogen-bond acceptors (Lipinski definition) is 2. The molecular weight excluding hydrogens is 243 g/mol. The standard InChI is InChI=1S/C13H10ClFO2/c14-13(16)8-11(12-2-1-7-17-12)9-3-5-10(15)6-4-9/h1-7,11H,8H2. The van der Waals surface area contributed by atoms with Gasteiger partial charge >= 0.3 is 0 Å². The van der Waals surface area contributed by atoms with Crippen LogP contribution in [0.25, 0.3) is 0 Å². The van der Waals surface area contributed by atoms with Crippen molar-refractivity contribution in [3.05, 3.63) is 59.8 Å². The molecule has 1 heterocycles. The quantitative estimate of drug-likeness (QED) is 0.777. The summed E-state index contributed by atoms with van der Waals surface area (Å²) in [6, 6.07) is 9.47. The van der Waals surface area contributed by atoms with Gasteiger partial charge in [-0.15, -0.1) is 0 Å². The lowest BCUT2D eigenvalue weighted by atomic mass is 9.94. The van der Waals surface area contributed by atoms with Crippen molar-refractivity contribution in [3.63, 3.8) is 0 Å². The van der Waals surface area contributed by atoms with Gasteiger partial charge in [-0.25, -0.2) is 4.39 Å². The lowest BCUT2D eigenvalue weighted by molar-refractivity contribution is -0.111. The molecule has 0 saturated heterocycles. The second-order valence-electron chi connectivity index (χ2n) is 3.68. The Kier molecular flexibility index (Phi) is 3.59. The molecule has 4 heteroatoms. The van der Waals surface area contributed by atoms with E-state index in [0.29, 0.717) is 5.76 Å². The topological polar surface area (TPSA) is 30.2 Å². The van der Waals surface area contributed by atoms with Crippen molar-refractivity contribution in [2.24, 2.45) is 0 Å². The van der Waals surface area contributed by atoms with Gasteiger partial charge in [-0.1, -0.05) is 12.1 Å². The van der Waals surface area contributed by atoms with Crippen molar-refractivity contribution in [2.45, 2.75) is 12.3 Å². The second-order valence-corrected chi connectivity index (χ2v) is 4.10. The summed E-state index contributed by atoms with van der Waals surface area (Å²) in [5, 5.41) is -0.448. The molecule has 0 aliphatic rings. The van der Waals surface area contributed by atoms with Crippen LogP contribution in [0.4, 0.5) is 4.39 Å². The maximum atomic E-state index is 12.8. The van der Waals surface area contributed by atoms with Gasteiger partial charge in [-0.2, -0.15) is 0 Å². The molecule has 2 aromatic rings. The Morgan fingerprint density at radius 2 is 2.00 bits per heavy atom. The van der Waals surface area contributed by atoms with Crippen LogP contribution in [-0.4, -0.2) is 5.24 Å². The summed E-state index contributed by atoms with van der Waals surface area (Å²) in [6.07, 6.45) is 1.66. The third kappa shape index (κ3) is 2.94. The summed E-state index contributed by atoms with van der Waals surface area (Å²) in [5.41, 5.74) is 0.801. The minimum absolute atomic E-state index is 0.126. The maximum absolute atomic E-state index is 12.8. The van der Waals surface area contributed by atoms with Gasteiger partial charge in [0.05, 0.1) is 12.2 Å². The zero-order valence-electron chi connectivity index (χ0n) is 8.90. The average Bonchev–Trinajstić information content (AvgIpc) is 2.80. The minimum Gasteiger partial charge on any atom is -0.469 e. The molecule has 1 aromatic heterocycles. The number of halogens is 2. The summed E-state index contributed by atoms with van der Waals surface area (Å²) >= 11 is 5.42. The van der Waals surface area contributed by atoms with Gasteiger partial charge in [0.1, 0.15) is 11.6 Å². The number of benzene rings is 1. The van der Waals surface area contributed by atoms with E-state index in [-0.39, 0.29) is 18.2 Å². The van der Waals surface area contributed by atoms with Crippen molar-refractivity contribution in [1.29, 1.82) is 0 Å². The van der Waals surface area contributed by atoms with Crippen LogP contribution in [0.1, 0.15) is 23.7 Å². The van der Waals surface area contributed by atoms with Gasteiger partial charge in [0, 0.05) is 6.42 Å². The molecule has 0 aliphatic heterocycles. The first-order valence-corrected chi connectivity index (χ1v) is 5.52. The van der Waals surface area contributed by atoms with E-state index in [2.05, 4.69) is 0 Å². The van der Waals surface area contributed by atoms with Gasteiger partial charge in [-0.05, 0) is 41.4 Å². The van der Waals surface area contributed by atoms with E-state index in [1.807, 2.05) is 0 Å². The van der Waals surface area contributed by atoms with E-state index in [9.17, 15) is 9.18 Å². The van der Waals surface area contributed by atoms with E-state index in [1.54, 1.807) is 24.3 Å². The van der Waals surface area contributed by atoms with Gasteiger partial charge < -0.3 is 4.42 Å². The fraction of sp³-hybridized carbons (Fsp3) is 0.154. The predicted octanol–water partition coefficient (Wildman–Crippen LogP) is 3.71. The molecule has 1 aromatic carbocycles. The zero-order chi connectivity index (χ0) is 12.3. The van der Waals surface area contributed by atoms with Crippen LogP contribution in [0.15, 0.2) is 47.1 Å². The Hall–Kier alpha value is -1.61. The molecule has 1 unspecified atom stereocenters. The minimum atomic E-state index is -0.448. The van der Waals surface area contributed by atoms with Crippen LogP contribution in [-0.2, 0) is 4.79 Å². The molecule has 0 amide bonds. The first kappa shape index (κ1) is 11.9. The van der Waals surface area contributed by atoms with Gasteiger partial charge in [-0.3, -0.25) is 4.79 Å². The normalized spacial score (nSPS) is 12.4. The molecule has 1 atom stereocenters. The molecule has 2 rings (SSSR count). The SMILES string of the molecule is O=C(Cl)CC(c1ccc(F)cc1)c1ccco1. The van der Waals surface area contributed by atoms with Gasteiger partial charge in [0.2, 0.25) is 5.24 Å². The molecule has 0 saturated carbocycles. The number of carbonyl (C=O) groups is 1. The number of hydrogen-bond donors (Lipinski definition) is 0. The van der Waals surface area contributed by atoms with Gasteiger partial charge in [0.25, 0.3) is 0 Å². The lowest BCUT2D eigenvalue weighted by Crippen LogP contribution is -2.04. The van der Waals surface area contributed by atoms with Crippen LogP contribution in [0.2, 0.25) is 0 Å². The highest BCUT2D eigenvalue weighted by Gasteiger charge is 2.19. The Labute approximate surface area is 103 Å². The van der Waals surface area contributed by atoms with Crippen molar-refractivity contribution in [2.75, 3.05) is 0 Å². The fourth-order valence-electron chi connectivity index (χ4n) is 1.73. The predicted molar refractivity (Wildman–Crippen MR) is 62.4 cm³/mol. The van der Waals surface area contributed by atoms with E-state index in [1.165, 1.54) is 18.4 Å². The lowest BCUT2D eigenvalue weighted by Gasteiger charge is -2.12. The molecule has 88 valence electrons. The highest BCUT2D eigenvalue weighted by molar-refractivity contribution is 6.63. The second kappa shape index (κ2) is 5.15. The van der Waals surface area contributed by atoms with Crippen molar-refractivity contribution in [3.8, 4) is 0 Å².